The molecule has 1 atom stereocenters. The van der Waals surface area contributed by atoms with Crippen LogP contribution in [0.25, 0.3) is 0 Å². The summed E-state index contributed by atoms with van der Waals surface area (Å²) in [6.07, 6.45) is 3.83. The van der Waals surface area contributed by atoms with Gasteiger partial charge in [-0.05, 0) is 51.0 Å². The van der Waals surface area contributed by atoms with Crippen LogP contribution in [0.15, 0.2) is 30.5 Å². The minimum atomic E-state index is -1.47. The molecular weight excluding hydrogens is 385 g/mol. The number of hydrogen-bond acceptors (Lipinski definition) is 5. The van der Waals surface area contributed by atoms with Gasteiger partial charge in [-0.25, -0.2) is 9.37 Å². The second-order valence-corrected chi connectivity index (χ2v) is 8.20. The smallest absolute Gasteiger partial charge is 0.279 e. The number of alkyl halides is 1. The number of benzene rings is 1. The first-order chi connectivity index (χ1) is 14.3. The summed E-state index contributed by atoms with van der Waals surface area (Å²) < 4.78 is 30.7. The number of amidine groups is 1. The number of nitrogens with zero attached hydrogens (tertiary/aromatic N) is 1. The Hall–Kier alpha value is -3.27. The zero-order valence-corrected chi connectivity index (χ0v) is 17.0. The Kier molecular flexibility index (Phi) is 5.25. The van der Waals surface area contributed by atoms with Gasteiger partial charge in [0.25, 0.3) is 6.02 Å². The highest BCUT2D eigenvalue weighted by molar-refractivity contribution is 5.67. The lowest BCUT2D eigenvalue weighted by Gasteiger charge is -2.28. The van der Waals surface area contributed by atoms with Gasteiger partial charge < -0.3 is 19.9 Å². The van der Waals surface area contributed by atoms with Gasteiger partial charge in [-0.2, -0.15) is 0 Å². The lowest BCUT2D eigenvalue weighted by atomic mass is 9.89. The number of nitrogens with two attached hydrogens (primary N) is 1. The third kappa shape index (κ3) is 4.82. The number of rotatable bonds is 5. The molecule has 1 saturated carbocycles. The molecule has 0 amide bonds. The average molecular weight is 409 g/mol. The average Bonchev–Trinajstić information content (AvgIpc) is 3.52. The Balaban J connectivity index is 1.67. The van der Waals surface area contributed by atoms with Gasteiger partial charge in [0.2, 0.25) is 5.88 Å². The third-order valence-electron chi connectivity index (χ3n) is 4.81. The standard InChI is InChI=1S/C23H24FN3O3/c1-23(2,24)13-29-16-10-18-19(12-28-22(25)26)17-9-15(6-5-14-3-4-14)7-8-20(17)30-21(18)27-11-16/h7-11,14,19H,3-4,12-13H2,1-2H3,(H3,25,26). The van der Waals surface area contributed by atoms with Crippen molar-refractivity contribution in [2.24, 2.45) is 11.7 Å². The van der Waals surface area contributed by atoms with Crippen LogP contribution in [0, 0.1) is 23.2 Å². The number of pyridine rings is 1. The Morgan fingerprint density at radius 3 is 2.83 bits per heavy atom. The van der Waals surface area contributed by atoms with Crippen molar-refractivity contribution in [2.45, 2.75) is 38.3 Å². The van der Waals surface area contributed by atoms with Crippen LogP contribution in [0.2, 0.25) is 0 Å². The summed E-state index contributed by atoms with van der Waals surface area (Å²) in [6.45, 7) is 2.94. The van der Waals surface area contributed by atoms with Crippen LogP contribution < -0.4 is 15.2 Å². The molecule has 30 heavy (non-hydrogen) atoms. The van der Waals surface area contributed by atoms with Crippen molar-refractivity contribution in [3.8, 4) is 29.2 Å². The molecule has 1 fully saturated rings. The second kappa shape index (κ2) is 7.86. The van der Waals surface area contributed by atoms with E-state index in [1.165, 1.54) is 20.0 Å². The molecule has 4 rings (SSSR count). The van der Waals surface area contributed by atoms with Crippen molar-refractivity contribution >= 4 is 6.02 Å². The number of nitrogens with one attached hydrogen (secondary N) is 1. The molecule has 2 aliphatic rings. The fourth-order valence-corrected chi connectivity index (χ4v) is 3.15. The van der Waals surface area contributed by atoms with Crippen molar-refractivity contribution in [1.29, 1.82) is 5.41 Å². The van der Waals surface area contributed by atoms with Crippen molar-refractivity contribution in [1.82, 2.24) is 4.98 Å². The van der Waals surface area contributed by atoms with Crippen LogP contribution >= 0.6 is 0 Å². The normalized spacial score (nSPS) is 17.0. The molecule has 1 unspecified atom stereocenters. The lowest BCUT2D eigenvalue weighted by molar-refractivity contribution is 0.120. The molecule has 156 valence electrons. The fourth-order valence-electron chi connectivity index (χ4n) is 3.15. The van der Waals surface area contributed by atoms with Gasteiger partial charge in [-0.15, -0.1) is 0 Å². The van der Waals surface area contributed by atoms with Gasteiger partial charge in [0.05, 0.1) is 12.1 Å². The van der Waals surface area contributed by atoms with E-state index in [0.717, 1.165) is 29.5 Å². The molecule has 0 radical (unpaired) electrons. The lowest BCUT2D eigenvalue weighted by Crippen LogP contribution is -2.24. The number of fused-ring (bicyclic) bond motifs is 2. The summed E-state index contributed by atoms with van der Waals surface area (Å²) >= 11 is 0. The predicted molar refractivity (Wildman–Crippen MR) is 111 cm³/mol. The van der Waals surface area contributed by atoms with E-state index in [9.17, 15) is 4.39 Å². The summed E-state index contributed by atoms with van der Waals surface area (Å²) in [6, 6.07) is 7.17. The van der Waals surface area contributed by atoms with E-state index in [0.29, 0.717) is 23.3 Å². The molecule has 2 aromatic rings. The molecule has 1 aromatic heterocycles. The molecule has 2 heterocycles. The largest absolute Gasteiger partial charge is 0.489 e. The van der Waals surface area contributed by atoms with Crippen molar-refractivity contribution < 1.29 is 18.6 Å². The Bertz CT molecular complexity index is 1030. The number of hydrogen-bond donors (Lipinski definition) is 2. The Labute approximate surface area is 175 Å². The second-order valence-electron chi connectivity index (χ2n) is 8.20. The van der Waals surface area contributed by atoms with E-state index in [2.05, 4.69) is 16.8 Å². The maximum absolute atomic E-state index is 13.8. The predicted octanol–water partition coefficient (Wildman–Crippen LogP) is 4.12. The van der Waals surface area contributed by atoms with E-state index < -0.39 is 5.67 Å². The van der Waals surface area contributed by atoms with Crippen LogP contribution in [0.3, 0.4) is 0 Å². The molecule has 7 heteroatoms. The topological polar surface area (TPSA) is 90.5 Å². The molecule has 1 aliphatic heterocycles. The van der Waals surface area contributed by atoms with Crippen LogP contribution in [0.1, 0.15) is 49.3 Å². The first-order valence-electron chi connectivity index (χ1n) is 9.90. The minimum Gasteiger partial charge on any atom is -0.489 e. The SMILES string of the molecule is CC(C)(F)COc1cnc2c(c1)C(COC(=N)N)c1cc(C#CC3CC3)ccc1O2. The minimum absolute atomic E-state index is 0.0968. The Morgan fingerprint density at radius 2 is 2.13 bits per heavy atom. The van der Waals surface area contributed by atoms with E-state index in [1.54, 1.807) is 6.07 Å². The number of halogens is 1. The van der Waals surface area contributed by atoms with Gasteiger partial charge in [0.1, 0.15) is 30.4 Å². The molecule has 0 saturated heterocycles. The third-order valence-corrected chi connectivity index (χ3v) is 4.81. The molecule has 1 aromatic carbocycles. The zero-order chi connectivity index (χ0) is 21.3. The van der Waals surface area contributed by atoms with E-state index in [-0.39, 0.29) is 25.2 Å². The summed E-state index contributed by atoms with van der Waals surface area (Å²) in [5.41, 5.74) is 6.44. The summed E-state index contributed by atoms with van der Waals surface area (Å²) in [5.74, 6) is 8.20. The number of aromatic nitrogens is 1. The van der Waals surface area contributed by atoms with Crippen molar-refractivity contribution in [3.05, 3.63) is 47.2 Å². The highest BCUT2D eigenvalue weighted by Gasteiger charge is 2.30. The van der Waals surface area contributed by atoms with E-state index in [4.69, 9.17) is 25.4 Å². The molecule has 6 nitrogen and oxygen atoms in total. The van der Waals surface area contributed by atoms with E-state index in [1.807, 2.05) is 18.2 Å². The zero-order valence-electron chi connectivity index (χ0n) is 17.0. The highest BCUT2D eigenvalue weighted by Crippen LogP contribution is 2.44. The summed E-state index contributed by atoms with van der Waals surface area (Å²) in [5, 5.41) is 7.44. The fraction of sp³-hybridized carbons (Fsp3) is 0.391. The van der Waals surface area contributed by atoms with Gasteiger partial charge in [0, 0.05) is 22.6 Å². The molecule has 3 N–H and O–H groups in total. The molecule has 0 bridgehead atoms. The van der Waals surface area contributed by atoms with Gasteiger partial charge in [0.15, 0.2) is 0 Å². The van der Waals surface area contributed by atoms with Crippen molar-refractivity contribution in [2.75, 3.05) is 13.2 Å². The first kappa shape index (κ1) is 20.0. The number of ether oxygens (including phenoxy) is 3. The van der Waals surface area contributed by atoms with Gasteiger partial charge in [-0.1, -0.05) is 11.8 Å². The maximum atomic E-state index is 13.8. The van der Waals surface area contributed by atoms with Crippen LogP contribution in [-0.4, -0.2) is 29.9 Å². The van der Waals surface area contributed by atoms with Gasteiger partial charge in [-0.3, -0.25) is 5.41 Å². The van der Waals surface area contributed by atoms with Crippen molar-refractivity contribution in [3.63, 3.8) is 0 Å². The quantitative estimate of drug-likeness (QED) is 0.440. The van der Waals surface area contributed by atoms with Crippen LogP contribution in [-0.2, 0) is 4.74 Å². The van der Waals surface area contributed by atoms with E-state index >= 15 is 0 Å². The molecule has 1 aliphatic carbocycles. The summed E-state index contributed by atoms with van der Waals surface area (Å²) in [7, 11) is 0. The molecule has 0 spiro atoms. The van der Waals surface area contributed by atoms with Crippen LogP contribution in [0.4, 0.5) is 4.39 Å². The summed E-state index contributed by atoms with van der Waals surface area (Å²) in [4.78, 5) is 4.35. The van der Waals surface area contributed by atoms with Gasteiger partial charge >= 0.3 is 0 Å². The molecular formula is C23H24FN3O3. The monoisotopic (exact) mass is 409 g/mol. The highest BCUT2D eigenvalue weighted by atomic mass is 19.1. The van der Waals surface area contributed by atoms with Crippen LogP contribution in [0.5, 0.6) is 17.4 Å². The first-order valence-corrected chi connectivity index (χ1v) is 9.90. The maximum Gasteiger partial charge on any atom is 0.279 e. The Morgan fingerprint density at radius 1 is 1.33 bits per heavy atom.